The van der Waals surface area contributed by atoms with Crippen molar-refractivity contribution >= 4 is 28.2 Å². The number of methoxy groups -OCH3 is 1. The third-order valence-electron chi connectivity index (χ3n) is 5.45. The van der Waals surface area contributed by atoms with Gasteiger partial charge in [-0.25, -0.2) is 9.18 Å². The lowest BCUT2D eigenvalue weighted by Gasteiger charge is -2.16. The van der Waals surface area contributed by atoms with Crippen molar-refractivity contribution in [2.45, 2.75) is 31.8 Å². The molecule has 0 spiro atoms. The molecule has 3 N–H and O–H groups in total. The number of nitrogen functional groups attached to an aromatic ring is 1. The SMILES string of the molecule is CCn1cc(C(=O)OC)c(=O)c2c(N)c(F)c(N[C@@H]3C[C@H]3c3ccccc3)cc21. The average molecular weight is 395 g/mol. The molecule has 0 amide bonds. The molecule has 29 heavy (non-hydrogen) atoms. The topological polar surface area (TPSA) is 86.3 Å². The van der Waals surface area contributed by atoms with Gasteiger partial charge in [0.25, 0.3) is 0 Å². The highest BCUT2D eigenvalue weighted by molar-refractivity contribution is 5.99. The zero-order valence-corrected chi connectivity index (χ0v) is 16.2. The van der Waals surface area contributed by atoms with Crippen molar-refractivity contribution in [1.82, 2.24) is 4.57 Å². The van der Waals surface area contributed by atoms with Gasteiger partial charge >= 0.3 is 5.97 Å². The predicted molar refractivity (Wildman–Crippen MR) is 111 cm³/mol. The molecule has 0 saturated heterocycles. The van der Waals surface area contributed by atoms with Crippen molar-refractivity contribution in [3.63, 3.8) is 0 Å². The summed E-state index contributed by atoms with van der Waals surface area (Å²) in [5.41, 5.74) is 6.89. The number of nitrogens with zero attached hydrogens (tertiary/aromatic N) is 1. The summed E-state index contributed by atoms with van der Waals surface area (Å²) in [6.07, 6.45) is 2.32. The van der Waals surface area contributed by atoms with Crippen LogP contribution in [-0.2, 0) is 11.3 Å². The molecule has 2 aromatic carbocycles. The fourth-order valence-corrected chi connectivity index (χ4v) is 3.79. The second kappa shape index (κ2) is 7.24. The monoisotopic (exact) mass is 395 g/mol. The summed E-state index contributed by atoms with van der Waals surface area (Å²) in [4.78, 5) is 24.7. The zero-order valence-electron chi connectivity index (χ0n) is 16.2. The molecule has 1 saturated carbocycles. The Hall–Kier alpha value is -3.35. The maximum atomic E-state index is 15.0. The molecule has 0 aliphatic heterocycles. The molecule has 3 aromatic rings. The molecule has 2 atom stereocenters. The lowest BCUT2D eigenvalue weighted by molar-refractivity contribution is 0.0598. The number of esters is 1. The normalized spacial score (nSPS) is 17.9. The molecule has 0 bridgehead atoms. The fourth-order valence-electron chi connectivity index (χ4n) is 3.79. The van der Waals surface area contributed by atoms with Crippen molar-refractivity contribution in [3.8, 4) is 0 Å². The van der Waals surface area contributed by atoms with Crippen LogP contribution in [0.15, 0.2) is 47.4 Å². The number of carbonyl (C=O) groups excluding carboxylic acids is 1. The highest BCUT2D eigenvalue weighted by Gasteiger charge is 2.39. The van der Waals surface area contributed by atoms with E-state index in [0.717, 1.165) is 6.42 Å². The van der Waals surface area contributed by atoms with E-state index in [0.29, 0.717) is 18.0 Å². The van der Waals surface area contributed by atoms with Crippen LogP contribution in [0.5, 0.6) is 0 Å². The van der Waals surface area contributed by atoms with Gasteiger partial charge in [0.1, 0.15) is 5.56 Å². The van der Waals surface area contributed by atoms with Crippen LogP contribution >= 0.6 is 0 Å². The van der Waals surface area contributed by atoms with Crippen LogP contribution in [0.25, 0.3) is 10.9 Å². The van der Waals surface area contributed by atoms with Crippen LogP contribution in [-0.4, -0.2) is 23.7 Å². The molecule has 1 aliphatic rings. The van der Waals surface area contributed by atoms with Crippen molar-refractivity contribution in [2.24, 2.45) is 0 Å². The lowest BCUT2D eigenvalue weighted by Crippen LogP contribution is -2.22. The van der Waals surface area contributed by atoms with E-state index in [1.54, 1.807) is 10.6 Å². The Kier molecular flexibility index (Phi) is 4.74. The van der Waals surface area contributed by atoms with Crippen molar-refractivity contribution in [3.05, 3.63) is 69.8 Å². The average Bonchev–Trinajstić information content (AvgIpc) is 3.51. The summed E-state index contributed by atoms with van der Waals surface area (Å²) < 4.78 is 21.4. The van der Waals surface area contributed by atoms with E-state index >= 15 is 4.39 Å². The molecule has 1 aromatic heterocycles. The molecular formula is C22H22FN3O3. The van der Waals surface area contributed by atoms with Gasteiger partial charge in [0, 0.05) is 24.7 Å². The Morgan fingerprint density at radius 1 is 1.34 bits per heavy atom. The quantitative estimate of drug-likeness (QED) is 0.510. The van der Waals surface area contributed by atoms with Crippen molar-refractivity contribution in [2.75, 3.05) is 18.2 Å². The number of pyridine rings is 1. The second-order valence-electron chi connectivity index (χ2n) is 7.20. The Labute approximate surface area is 167 Å². The number of hydrogen-bond acceptors (Lipinski definition) is 5. The summed E-state index contributed by atoms with van der Waals surface area (Å²) in [5, 5.41) is 3.22. The zero-order chi connectivity index (χ0) is 20.7. The number of hydrogen-bond donors (Lipinski definition) is 2. The molecule has 6 nitrogen and oxygen atoms in total. The standard InChI is InChI=1S/C22H22FN3O3/c1-3-26-11-14(22(28)29-2)21(27)18-17(26)10-16(19(23)20(18)24)25-15-9-13(15)12-7-5-4-6-8-12/h4-8,10-11,13,15,25H,3,9,24H2,1-2H3/t13-,15+/m0/s1. The van der Waals surface area contributed by atoms with Crippen LogP contribution in [0.3, 0.4) is 0 Å². The van der Waals surface area contributed by atoms with Crippen molar-refractivity contribution < 1.29 is 13.9 Å². The molecule has 0 radical (unpaired) electrons. The number of nitrogens with two attached hydrogens (primary N) is 1. The number of nitrogens with one attached hydrogen (secondary N) is 1. The smallest absolute Gasteiger partial charge is 0.343 e. The predicted octanol–water partition coefficient (Wildman–Crippen LogP) is 3.50. The Balaban J connectivity index is 1.77. The van der Waals surface area contributed by atoms with Gasteiger partial charge < -0.3 is 20.4 Å². The van der Waals surface area contributed by atoms with Gasteiger partial charge in [0.05, 0.1) is 29.4 Å². The summed E-state index contributed by atoms with van der Waals surface area (Å²) in [6, 6.07) is 11.7. The largest absolute Gasteiger partial charge is 0.465 e. The molecule has 0 unspecified atom stereocenters. The lowest BCUT2D eigenvalue weighted by atomic mass is 10.1. The molecule has 150 valence electrons. The number of anilines is 2. The van der Waals surface area contributed by atoms with Crippen LogP contribution in [0.4, 0.5) is 15.8 Å². The number of halogens is 1. The first-order chi connectivity index (χ1) is 14.0. The molecule has 1 fully saturated rings. The number of benzene rings is 2. The summed E-state index contributed by atoms with van der Waals surface area (Å²) in [6.45, 7) is 2.34. The molecular weight excluding hydrogens is 373 g/mol. The summed E-state index contributed by atoms with van der Waals surface area (Å²) >= 11 is 0. The van der Waals surface area contributed by atoms with E-state index in [-0.39, 0.29) is 28.4 Å². The van der Waals surface area contributed by atoms with Gasteiger partial charge in [-0.3, -0.25) is 4.79 Å². The number of aromatic nitrogens is 1. The van der Waals surface area contributed by atoms with Crippen molar-refractivity contribution in [1.29, 1.82) is 0 Å². The molecule has 7 heteroatoms. The highest BCUT2D eigenvalue weighted by atomic mass is 19.1. The second-order valence-corrected chi connectivity index (χ2v) is 7.20. The van der Waals surface area contributed by atoms with Crippen LogP contribution in [0.1, 0.15) is 35.2 Å². The summed E-state index contributed by atoms with van der Waals surface area (Å²) in [5.74, 6) is -1.15. The first kappa shape index (κ1) is 19.0. The van der Waals surface area contributed by atoms with Gasteiger partial charge in [0.15, 0.2) is 5.82 Å². The number of fused-ring (bicyclic) bond motifs is 1. The van der Waals surface area contributed by atoms with E-state index in [4.69, 9.17) is 5.73 Å². The Morgan fingerprint density at radius 2 is 2.07 bits per heavy atom. The van der Waals surface area contributed by atoms with E-state index in [1.165, 1.54) is 18.9 Å². The number of aryl methyl sites for hydroxylation is 1. The minimum Gasteiger partial charge on any atom is -0.465 e. The van der Waals surface area contributed by atoms with Gasteiger partial charge in [-0.15, -0.1) is 0 Å². The van der Waals surface area contributed by atoms with Crippen LogP contribution in [0.2, 0.25) is 0 Å². The first-order valence-corrected chi connectivity index (χ1v) is 9.51. The molecule has 1 aliphatic carbocycles. The Bertz CT molecular complexity index is 1160. The minimum atomic E-state index is -0.773. The number of rotatable bonds is 5. The van der Waals surface area contributed by atoms with E-state index < -0.39 is 17.2 Å². The maximum absolute atomic E-state index is 15.0. The Morgan fingerprint density at radius 3 is 2.72 bits per heavy atom. The van der Waals surface area contributed by atoms with E-state index in [2.05, 4.69) is 22.2 Å². The van der Waals surface area contributed by atoms with Gasteiger partial charge in [-0.1, -0.05) is 30.3 Å². The third-order valence-corrected chi connectivity index (χ3v) is 5.45. The maximum Gasteiger partial charge on any atom is 0.343 e. The van der Waals surface area contributed by atoms with Crippen LogP contribution in [0, 0.1) is 5.82 Å². The van der Waals surface area contributed by atoms with Gasteiger partial charge in [-0.2, -0.15) is 0 Å². The molecule has 4 rings (SSSR count). The highest BCUT2D eigenvalue weighted by Crippen LogP contribution is 2.43. The van der Waals surface area contributed by atoms with E-state index in [1.807, 2.05) is 25.1 Å². The minimum absolute atomic E-state index is 0.00629. The van der Waals surface area contributed by atoms with Gasteiger partial charge in [-0.05, 0) is 25.0 Å². The van der Waals surface area contributed by atoms with Crippen LogP contribution < -0.4 is 16.5 Å². The third kappa shape index (κ3) is 3.22. The van der Waals surface area contributed by atoms with Gasteiger partial charge in [0.2, 0.25) is 5.43 Å². The molecule has 1 heterocycles. The fraction of sp³-hybridized carbons (Fsp3) is 0.273. The summed E-state index contributed by atoms with van der Waals surface area (Å²) in [7, 11) is 1.19. The number of carbonyl (C=O) groups is 1. The van der Waals surface area contributed by atoms with E-state index in [9.17, 15) is 9.59 Å². The number of ether oxygens (including phenoxy) is 1. The first-order valence-electron chi connectivity index (χ1n) is 9.51.